The first-order valence-electron chi connectivity index (χ1n) is 3.39. The molecule has 0 aliphatic carbocycles. The van der Waals surface area contributed by atoms with Crippen molar-refractivity contribution in [3.8, 4) is 0 Å². The summed E-state index contributed by atoms with van der Waals surface area (Å²) in [6, 6.07) is 0. The van der Waals surface area contributed by atoms with E-state index in [2.05, 4.69) is 4.98 Å². The fourth-order valence-corrected chi connectivity index (χ4v) is 1.42. The van der Waals surface area contributed by atoms with Crippen molar-refractivity contribution < 1.29 is 18.3 Å². The summed E-state index contributed by atoms with van der Waals surface area (Å²) < 4.78 is 36.7. The lowest BCUT2D eigenvalue weighted by Gasteiger charge is -2.10. The van der Waals surface area contributed by atoms with Gasteiger partial charge in [-0.05, 0) is 0 Å². The SMILES string of the molecule is OCc1c(Cl)cnc(C(F)(F)F)c1Cl. The Bertz CT molecular complexity index is 354. The van der Waals surface area contributed by atoms with Crippen molar-refractivity contribution in [3.05, 3.63) is 27.5 Å². The van der Waals surface area contributed by atoms with Gasteiger partial charge in [0.2, 0.25) is 0 Å². The Labute approximate surface area is 87.3 Å². The zero-order valence-electron chi connectivity index (χ0n) is 6.57. The molecule has 1 rings (SSSR count). The van der Waals surface area contributed by atoms with Gasteiger partial charge in [0.1, 0.15) is 0 Å². The molecule has 0 aliphatic rings. The predicted octanol–water partition coefficient (Wildman–Crippen LogP) is 2.90. The summed E-state index contributed by atoms with van der Waals surface area (Å²) in [4.78, 5) is 3.06. The van der Waals surface area contributed by atoms with E-state index >= 15 is 0 Å². The molecule has 1 aromatic heterocycles. The molecule has 0 saturated carbocycles. The Morgan fingerprint density at radius 3 is 2.36 bits per heavy atom. The van der Waals surface area contributed by atoms with Gasteiger partial charge in [0.05, 0.1) is 16.7 Å². The second-order valence-electron chi connectivity index (χ2n) is 2.40. The van der Waals surface area contributed by atoms with Crippen LogP contribution in [0.5, 0.6) is 0 Å². The maximum absolute atomic E-state index is 12.2. The van der Waals surface area contributed by atoms with Crippen molar-refractivity contribution in [1.82, 2.24) is 4.98 Å². The zero-order chi connectivity index (χ0) is 10.9. The molecule has 0 fully saturated rings. The molecule has 0 atom stereocenters. The van der Waals surface area contributed by atoms with Crippen LogP contribution >= 0.6 is 23.2 Å². The molecular formula is C7H4Cl2F3NO. The molecule has 0 radical (unpaired) electrons. The number of hydrogen-bond acceptors (Lipinski definition) is 2. The van der Waals surface area contributed by atoms with E-state index in [1.165, 1.54) is 0 Å². The van der Waals surface area contributed by atoms with Crippen LogP contribution in [0.25, 0.3) is 0 Å². The number of hydrogen-bond donors (Lipinski definition) is 1. The van der Waals surface area contributed by atoms with E-state index in [0.29, 0.717) is 0 Å². The summed E-state index contributed by atoms with van der Waals surface area (Å²) >= 11 is 10.8. The van der Waals surface area contributed by atoms with Crippen LogP contribution in [0.15, 0.2) is 6.20 Å². The van der Waals surface area contributed by atoms with E-state index in [4.69, 9.17) is 28.3 Å². The van der Waals surface area contributed by atoms with Crippen LogP contribution < -0.4 is 0 Å². The van der Waals surface area contributed by atoms with Gasteiger partial charge < -0.3 is 5.11 Å². The first-order valence-corrected chi connectivity index (χ1v) is 4.14. The fraction of sp³-hybridized carbons (Fsp3) is 0.286. The molecule has 2 nitrogen and oxygen atoms in total. The third-order valence-electron chi connectivity index (χ3n) is 1.49. The molecule has 0 aliphatic heterocycles. The molecule has 0 saturated heterocycles. The zero-order valence-corrected chi connectivity index (χ0v) is 8.08. The molecule has 0 bridgehead atoms. The van der Waals surface area contributed by atoms with E-state index < -0.39 is 23.5 Å². The van der Waals surface area contributed by atoms with Gasteiger partial charge in [-0.2, -0.15) is 13.2 Å². The van der Waals surface area contributed by atoms with Crippen molar-refractivity contribution in [2.45, 2.75) is 12.8 Å². The summed E-state index contributed by atoms with van der Waals surface area (Å²) in [5.74, 6) is 0. The number of alkyl halides is 3. The standard InChI is InChI=1S/C7H4Cl2F3NO/c8-4-1-13-6(7(10,11)12)5(9)3(4)2-14/h1,14H,2H2. The highest BCUT2D eigenvalue weighted by molar-refractivity contribution is 6.36. The maximum atomic E-state index is 12.2. The lowest BCUT2D eigenvalue weighted by molar-refractivity contribution is -0.141. The average Bonchev–Trinajstić information content (AvgIpc) is 2.02. The van der Waals surface area contributed by atoms with Crippen molar-refractivity contribution in [3.63, 3.8) is 0 Å². The molecule has 0 spiro atoms. The molecule has 78 valence electrons. The van der Waals surface area contributed by atoms with Gasteiger partial charge in [-0.15, -0.1) is 0 Å². The van der Waals surface area contributed by atoms with Crippen LogP contribution in [0.2, 0.25) is 10.0 Å². The Morgan fingerprint density at radius 1 is 1.36 bits per heavy atom. The van der Waals surface area contributed by atoms with Gasteiger partial charge in [0.25, 0.3) is 0 Å². The largest absolute Gasteiger partial charge is 0.434 e. The second-order valence-corrected chi connectivity index (χ2v) is 3.19. The van der Waals surface area contributed by atoms with Gasteiger partial charge in [-0.25, -0.2) is 4.98 Å². The minimum atomic E-state index is -4.65. The summed E-state index contributed by atoms with van der Waals surface area (Å²) in [6.07, 6.45) is -3.84. The highest BCUT2D eigenvalue weighted by Gasteiger charge is 2.36. The monoisotopic (exact) mass is 245 g/mol. The van der Waals surface area contributed by atoms with Crippen molar-refractivity contribution in [1.29, 1.82) is 0 Å². The minimum absolute atomic E-state index is 0.0921. The van der Waals surface area contributed by atoms with Crippen LogP contribution in [0.4, 0.5) is 13.2 Å². The predicted molar refractivity (Wildman–Crippen MR) is 45.2 cm³/mol. The van der Waals surface area contributed by atoms with Gasteiger partial charge in [-0.1, -0.05) is 23.2 Å². The number of nitrogens with zero attached hydrogens (tertiary/aromatic N) is 1. The third kappa shape index (κ3) is 2.10. The van der Waals surface area contributed by atoms with Crippen molar-refractivity contribution in [2.24, 2.45) is 0 Å². The first kappa shape index (κ1) is 11.6. The Balaban J connectivity index is 3.36. The van der Waals surface area contributed by atoms with E-state index in [-0.39, 0.29) is 10.6 Å². The number of aromatic nitrogens is 1. The smallest absolute Gasteiger partial charge is 0.392 e. The summed E-state index contributed by atoms with van der Waals surface area (Å²) in [5, 5.41) is 7.97. The van der Waals surface area contributed by atoms with E-state index in [1.807, 2.05) is 0 Å². The lowest BCUT2D eigenvalue weighted by Crippen LogP contribution is -2.10. The third-order valence-corrected chi connectivity index (χ3v) is 2.23. The number of rotatable bonds is 1. The average molecular weight is 246 g/mol. The van der Waals surface area contributed by atoms with Crippen LogP contribution in [0.1, 0.15) is 11.3 Å². The molecular weight excluding hydrogens is 242 g/mol. The van der Waals surface area contributed by atoms with Crippen LogP contribution in [-0.4, -0.2) is 10.1 Å². The van der Waals surface area contributed by atoms with Gasteiger partial charge in [0.15, 0.2) is 5.69 Å². The highest BCUT2D eigenvalue weighted by atomic mass is 35.5. The number of halogens is 5. The minimum Gasteiger partial charge on any atom is -0.392 e. The molecule has 14 heavy (non-hydrogen) atoms. The Hall–Kier alpha value is -0.520. The number of aliphatic hydroxyl groups excluding tert-OH is 1. The number of aliphatic hydroxyl groups is 1. The van der Waals surface area contributed by atoms with Gasteiger partial charge >= 0.3 is 6.18 Å². The Morgan fingerprint density at radius 2 is 1.93 bits per heavy atom. The topological polar surface area (TPSA) is 33.1 Å². The van der Waals surface area contributed by atoms with E-state index in [0.717, 1.165) is 6.20 Å². The molecule has 0 aromatic carbocycles. The maximum Gasteiger partial charge on any atom is 0.434 e. The lowest BCUT2D eigenvalue weighted by atomic mass is 10.2. The van der Waals surface area contributed by atoms with Crippen LogP contribution in [-0.2, 0) is 12.8 Å². The van der Waals surface area contributed by atoms with Gasteiger partial charge in [-0.3, -0.25) is 0 Å². The summed E-state index contributed by atoms with van der Waals surface area (Å²) in [7, 11) is 0. The summed E-state index contributed by atoms with van der Waals surface area (Å²) in [5.41, 5.74) is -1.41. The number of pyridine rings is 1. The van der Waals surface area contributed by atoms with Gasteiger partial charge in [0, 0.05) is 11.8 Å². The van der Waals surface area contributed by atoms with E-state index in [9.17, 15) is 13.2 Å². The van der Waals surface area contributed by atoms with Crippen LogP contribution in [0, 0.1) is 0 Å². The normalized spacial score (nSPS) is 11.9. The fourth-order valence-electron chi connectivity index (χ4n) is 0.846. The molecule has 1 heterocycles. The molecule has 1 aromatic rings. The molecule has 7 heteroatoms. The van der Waals surface area contributed by atoms with Crippen molar-refractivity contribution in [2.75, 3.05) is 0 Å². The van der Waals surface area contributed by atoms with Crippen LogP contribution in [0.3, 0.4) is 0 Å². The Kier molecular flexibility index (Phi) is 3.24. The van der Waals surface area contributed by atoms with Crippen molar-refractivity contribution >= 4 is 23.2 Å². The molecule has 0 unspecified atom stereocenters. The molecule has 0 amide bonds. The first-order chi connectivity index (χ1) is 6.38. The quantitative estimate of drug-likeness (QED) is 0.826. The second kappa shape index (κ2) is 3.92. The summed E-state index contributed by atoms with van der Waals surface area (Å²) in [6.45, 7) is -0.663. The highest BCUT2D eigenvalue weighted by Crippen LogP contribution is 2.36. The molecule has 1 N–H and O–H groups in total. The van der Waals surface area contributed by atoms with E-state index in [1.54, 1.807) is 0 Å².